The molecule has 0 aliphatic rings. The number of nitrogens with one attached hydrogen (secondary N) is 1. The summed E-state index contributed by atoms with van der Waals surface area (Å²) < 4.78 is 26.7. The Kier molecular flexibility index (Phi) is 4.06. The highest BCUT2D eigenvalue weighted by molar-refractivity contribution is 9.10. The fraction of sp³-hybridized carbons (Fsp3) is 0.0769. The van der Waals surface area contributed by atoms with Crippen LogP contribution in [0.25, 0.3) is 0 Å². The molecule has 18 heavy (non-hydrogen) atoms. The van der Waals surface area contributed by atoms with E-state index in [9.17, 15) is 8.78 Å². The molecule has 0 spiro atoms. The summed E-state index contributed by atoms with van der Waals surface area (Å²) in [6.07, 6.45) is 0. The van der Waals surface area contributed by atoms with Gasteiger partial charge in [-0.25, -0.2) is 14.2 Å². The Bertz CT molecular complexity index is 560. The minimum Gasteiger partial charge on any atom is -0.271 e. The lowest BCUT2D eigenvalue weighted by Gasteiger charge is -2.17. The van der Waals surface area contributed by atoms with Crippen LogP contribution in [-0.4, -0.2) is 0 Å². The van der Waals surface area contributed by atoms with Gasteiger partial charge in [-0.1, -0.05) is 18.2 Å². The van der Waals surface area contributed by atoms with Crippen molar-refractivity contribution in [1.82, 2.24) is 5.43 Å². The number of hydrazine groups is 1. The molecule has 94 valence electrons. The maximum absolute atomic E-state index is 13.2. The molecule has 0 amide bonds. The van der Waals surface area contributed by atoms with E-state index in [4.69, 9.17) is 5.84 Å². The third kappa shape index (κ3) is 2.75. The lowest BCUT2D eigenvalue weighted by molar-refractivity contribution is 0.598. The Hall–Kier alpha value is -1.30. The third-order valence-electron chi connectivity index (χ3n) is 2.63. The summed E-state index contributed by atoms with van der Waals surface area (Å²) in [6.45, 7) is 0. The van der Waals surface area contributed by atoms with Crippen LogP contribution in [0.15, 0.2) is 46.9 Å². The van der Waals surface area contributed by atoms with Crippen molar-refractivity contribution < 1.29 is 8.78 Å². The molecule has 0 aliphatic heterocycles. The summed E-state index contributed by atoms with van der Waals surface area (Å²) in [5.41, 5.74) is 4.02. The van der Waals surface area contributed by atoms with Crippen LogP contribution < -0.4 is 11.3 Å². The Labute approximate surface area is 112 Å². The zero-order valence-electron chi connectivity index (χ0n) is 9.33. The van der Waals surface area contributed by atoms with E-state index < -0.39 is 6.04 Å². The van der Waals surface area contributed by atoms with Gasteiger partial charge in [0.05, 0.1) is 10.5 Å². The van der Waals surface area contributed by atoms with Gasteiger partial charge in [-0.15, -0.1) is 0 Å². The fourth-order valence-corrected chi connectivity index (χ4v) is 2.16. The molecule has 3 N–H and O–H groups in total. The Balaban J connectivity index is 2.42. The smallest absolute Gasteiger partial charge is 0.137 e. The topological polar surface area (TPSA) is 38.0 Å². The van der Waals surface area contributed by atoms with E-state index >= 15 is 0 Å². The molecule has 1 atom stereocenters. The van der Waals surface area contributed by atoms with Crippen molar-refractivity contribution in [2.75, 3.05) is 0 Å². The molecule has 2 nitrogen and oxygen atoms in total. The van der Waals surface area contributed by atoms with Gasteiger partial charge in [0.25, 0.3) is 0 Å². The monoisotopic (exact) mass is 312 g/mol. The van der Waals surface area contributed by atoms with Gasteiger partial charge >= 0.3 is 0 Å². The quantitative estimate of drug-likeness (QED) is 0.674. The summed E-state index contributed by atoms with van der Waals surface area (Å²) >= 11 is 3.11. The minimum atomic E-state index is -0.391. The SMILES string of the molecule is NNC(c1cccc(F)c1)c1ccc(F)c(Br)c1. The number of hydrogen-bond acceptors (Lipinski definition) is 2. The van der Waals surface area contributed by atoms with E-state index in [1.54, 1.807) is 24.3 Å². The van der Waals surface area contributed by atoms with E-state index in [1.165, 1.54) is 18.2 Å². The van der Waals surface area contributed by atoms with Crippen molar-refractivity contribution in [1.29, 1.82) is 0 Å². The molecule has 2 rings (SSSR count). The van der Waals surface area contributed by atoms with E-state index in [0.717, 1.165) is 5.56 Å². The zero-order valence-corrected chi connectivity index (χ0v) is 10.9. The lowest BCUT2D eigenvalue weighted by Crippen LogP contribution is -2.28. The molecular formula is C13H11BrF2N2. The van der Waals surface area contributed by atoms with Crippen LogP contribution in [0.4, 0.5) is 8.78 Å². The second kappa shape index (κ2) is 5.56. The average molecular weight is 313 g/mol. The maximum atomic E-state index is 13.2. The molecule has 0 fully saturated rings. The second-order valence-electron chi connectivity index (χ2n) is 3.83. The standard InChI is InChI=1S/C13H11BrF2N2/c14-11-7-9(4-5-12(11)16)13(18-17)8-2-1-3-10(15)6-8/h1-7,13,18H,17H2. The summed E-state index contributed by atoms with van der Waals surface area (Å²) in [6, 6.07) is 10.3. The molecule has 0 aliphatic carbocycles. The minimum absolute atomic E-state index is 0.339. The predicted octanol–water partition coefficient (Wildman–Crippen LogP) is 3.28. The first-order chi connectivity index (χ1) is 8.61. The summed E-state index contributed by atoms with van der Waals surface area (Å²) in [5.74, 6) is 4.80. The predicted molar refractivity (Wildman–Crippen MR) is 69.7 cm³/mol. The molecular weight excluding hydrogens is 302 g/mol. The van der Waals surface area contributed by atoms with Gasteiger partial charge in [-0.2, -0.15) is 0 Å². The third-order valence-corrected chi connectivity index (χ3v) is 3.23. The first kappa shape index (κ1) is 13.1. The molecule has 0 saturated carbocycles. The van der Waals surface area contributed by atoms with E-state index in [-0.39, 0.29) is 11.6 Å². The molecule has 0 bridgehead atoms. The number of nitrogens with two attached hydrogens (primary N) is 1. The van der Waals surface area contributed by atoms with E-state index in [0.29, 0.717) is 10.0 Å². The van der Waals surface area contributed by atoms with Crippen molar-refractivity contribution in [3.63, 3.8) is 0 Å². The van der Waals surface area contributed by atoms with Crippen molar-refractivity contribution in [3.05, 3.63) is 69.7 Å². The van der Waals surface area contributed by atoms with Crippen LogP contribution in [0.3, 0.4) is 0 Å². The lowest BCUT2D eigenvalue weighted by atomic mass is 9.99. The van der Waals surface area contributed by atoms with Crippen LogP contribution >= 0.6 is 15.9 Å². The Morgan fingerprint density at radius 3 is 2.39 bits per heavy atom. The highest BCUT2D eigenvalue weighted by atomic mass is 79.9. The van der Waals surface area contributed by atoms with Crippen molar-refractivity contribution in [2.24, 2.45) is 5.84 Å². The molecule has 0 saturated heterocycles. The number of halogens is 3. The average Bonchev–Trinajstić information content (AvgIpc) is 2.35. The first-order valence-electron chi connectivity index (χ1n) is 5.28. The highest BCUT2D eigenvalue weighted by Crippen LogP contribution is 2.26. The molecule has 0 radical (unpaired) electrons. The molecule has 0 aromatic heterocycles. The van der Waals surface area contributed by atoms with Crippen LogP contribution in [0.5, 0.6) is 0 Å². The number of rotatable bonds is 3. The fourth-order valence-electron chi connectivity index (χ4n) is 1.76. The van der Waals surface area contributed by atoms with Gasteiger partial charge in [0.15, 0.2) is 0 Å². The zero-order chi connectivity index (χ0) is 13.1. The first-order valence-corrected chi connectivity index (χ1v) is 6.07. The van der Waals surface area contributed by atoms with Gasteiger partial charge in [-0.05, 0) is 51.3 Å². The number of benzene rings is 2. The molecule has 1 unspecified atom stereocenters. The van der Waals surface area contributed by atoms with Gasteiger partial charge < -0.3 is 0 Å². The summed E-state index contributed by atoms with van der Waals surface area (Å²) in [7, 11) is 0. The maximum Gasteiger partial charge on any atom is 0.137 e. The van der Waals surface area contributed by atoms with Crippen molar-refractivity contribution in [3.8, 4) is 0 Å². The molecule has 5 heteroatoms. The normalized spacial score (nSPS) is 12.4. The summed E-state index contributed by atoms with van der Waals surface area (Å²) in [5, 5.41) is 0. The van der Waals surface area contributed by atoms with Crippen molar-refractivity contribution in [2.45, 2.75) is 6.04 Å². The van der Waals surface area contributed by atoms with Gasteiger partial charge in [0, 0.05) is 0 Å². The molecule has 2 aromatic rings. The Morgan fingerprint density at radius 1 is 1.06 bits per heavy atom. The molecule has 0 heterocycles. The number of hydrogen-bond donors (Lipinski definition) is 2. The highest BCUT2D eigenvalue weighted by Gasteiger charge is 2.14. The van der Waals surface area contributed by atoms with Crippen molar-refractivity contribution >= 4 is 15.9 Å². The largest absolute Gasteiger partial charge is 0.271 e. The van der Waals surface area contributed by atoms with Gasteiger partial charge in [0.2, 0.25) is 0 Å². The van der Waals surface area contributed by atoms with E-state index in [1.807, 2.05) is 0 Å². The van der Waals surface area contributed by atoms with Crippen LogP contribution in [0.1, 0.15) is 17.2 Å². The van der Waals surface area contributed by atoms with Crippen LogP contribution in [-0.2, 0) is 0 Å². The van der Waals surface area contributed by atoms with Crippen LogP contribution in [0.2, 0.25) is 0 Å². The second-order valence-corrected chi connectivity index (χ2v) is 4.68. The molecule has 2 aromatic carbocycles. The summed E-state index contributed by atoms with van der Waals surface area (Å²) in [4.78, 5) is 0. The van der Waals surface area contributed by atoms with Crippen LogP contribution in [0, 0.1) is 11.6 Å². The van der Waals surface area contributed by atoms with Gasteiger partial charge in [0.1, 0.15) is 11.6 Å². The van der Waals surface area contributed by atoms with Gasteiger partial charge in [-0.3, -0.25) is 5.84 Å². The Morgan fingerprint density at radius 2 is 1.78 bits per heavy atom. The van der Waals surface area contributed by atoms with E-state index in [2.05, 4.69) is 21.4 Å².